The maximum absolute atomic E-state index is 13.1. The Balaban J connectivity index is 1.64. The summed E-state index contributed by atoms with van der Waals surface area (Å²) in [4.78, 5) is 26.4. The second kappa shape index (κ2) is 8.57. The molecule has 6 nitrogen and oxygen atoms in total. The number of aromatic nitrogens is 2. The first-order valence-corrected chi connectivity index (χ1v) is 10.4. The van der Waals surface area contributed by atoms with Crippen molar-refractivity contribution >= 4 is 23.3 Å². The number of hydrogen-bond donors (Lipinski definition) is 0. The first kappa shape index (κ1) is 21.4. The number of piperazine rings is 1. The average molecular weight is 417 g/mol. The molecule has 3 rings (SSSR count). The summed E-state index contributed by atoms with van der Waals surface area (Å²) in [6, 6.07) is 9.08. The molecule has 1 aromatic carbocycles. The van der Waals surface area contributed by atoms with Gasteiger partial charge in [0.05, 0.1) is 0 Å². The van der Waals surface area contributed by atoms with Gasteiger partial charge in [-0.05, 0) is 45.0 Å². The maximum atomic E-state index is 13.1. The van der Waals surface area contributed by atoms with E-state index >= 15 is 0 Å². The van der Waals surface area contributed by atoms with Crippen LogP contribution in [0, 0.1) is 6.92 Å². The predicted molar refractivity (Wildman–Crippen MR) is 116 cm³/mol. The largest absolute Gasteiger partial charge is 0.478 e. The summed E-state index contributed by atoms with van der Waals surface area (Å²) in [5.74, 6) is 2.68. The van der Waals surface area contributed by atoms with Crippen molar-refractivity contribution in [2.24, 2.45) is 0 Å². The zero-order valence-electron chi connectivity index (χ0n) is 17.8. The summed E-state index contributed by atoms with van der Waals surface area (Å²) in [6.45, 7) is 12.5. The molecule has 1 amide bonds. The number of ether oxygens (including phenoxy) is 1. The van der Waals surface area contributed by atoms with E-state index in [4.69, 9.17) is 21.3 Å². The molecule has 0 aliphatic carbocycles. The van der Waals surface area contributed by atoms with Crippen LogP contribution in [-0.4, -0.2) is 52.6 Å². The van der Waals surface area contributed by atoms with Gasteiger partial charge in [-0.2, -0.15) is 0 Å². The molecular formula is C22H29ClN4O2. The number of benzene rings is 1. The number of nitrogens with zero attached hydrogens (tertiary/aromatic N) is 4. The lowest BCUT2D eigenvalue weighted by Crippen LogP contribution is -2.56. The summed E-state index contributed by atoms with van der Waals surface area (Å²) < 4.78 is 5.96. The predicted octanol–water partition coefficient (Wildman–Crippen LogP) is 4.07. The minimum atomic E-state index is -0.952. The van der Waals surface area contributed by atoms with E-state index < -0.39 is 5.60 Å². The van der Waals surface area contributed by atoms with Gasteiger partial charge in [-0.15, -0.1) is 0 Å². The molecule has 0 bridgehead atoms. The lowest BCUT2D eigenvalue weighted by molar-refractivity contribution is -0.145. The highest BCUT2D eigenvalue weighted by molar-refractivity contribution is 6.30. The van der Waals surface area contributed by atoms with Crippen molar-refractivity contribution in [3.05, 3.63) is 46.9 Å². The molecule has 1 fully saturated rings. The fraction of sp³-hybridized carbons (Fsp3) is 0.500. The van der Waals surface area contributed by atoms with E-state index in [-0.39, 0.29) is 11.8 Å². The van der Waals surface area contributed by atoms with Gasteiger partial charge in [-0.3, -0.25) is 4.79 Å². The Morgan fingerprint density at radius 2 is 1.72 bits per heavy atom. The third-order valence-electron chi connectivity index (χ3n) is 4.97. The molecular weight excluding hydrogens is 388 g/mol. The van der Waals surface area contributed by atoms with Gasteiger partial charge >= 0.3 is 0 Å². The number of rotatable bonds is 5. The monoisotopic (exact) mass is 416 g/mol. The minimum Gasteiger partial charge on any atom is -0.478 e. The smallest absolute Gasteiger partial charge is 0.266 e. The standard InChI is InChI=1S/C22H29ClN4O2/c1-15(2)20-24-16(3)14-19(25-20)26-10-12-27(13-11-26)21(28)22(4,5)29-18-8-6-17(23)7-9-18/h6-9,14-15H,10-13H2,1-5H3. The molecule has 1 saturated heterocycles. The number of carbonyl (C=O) groups excluding carboxylic acids is 1. The molecule has 7 heteroatoms. The Morgan fingerprint density at radius 1 is 1.10 bits per heavy atom. The van der Waals surface area contributed by atoms with Gasteiger partial charge in [0.15, 0.2) is 5.60 Å². The lowest BCUT2D eigenvalue weighted by Gasteiger charge is -2.39. The third-order valence-corrected chi connectivity index (χ3v) is 5.22. The maximum Gasteiger partial charge on any atom is 0.266 e. The summed E-state index contributed by atoms with van der Waals surface area (Å²) >= 11 is 5.92. The molecule has 1 aromatic heterocycles. The average Bonchev–Trinajstić information content (AvgIpc) is 2.68. The fourth-order valence-electron chi connectivity index (χ4n) is 3.35. The van der Waals surface area contributed by atoms with Crippen LogP contribution in [0.25, 0.3) is 0 Å². The number of halogens is 1. The number of aryl methyl sites for hydroxylation is 1. The normalized spacial score (nSPS) is 15.0. The summed E-state index contributed by atoms with van der Waals surface area (Å²) in [6.07, 6.45) is 0. The van der Waals surface area contributed by atoms with Crippen LogP contribution < -0.4 is 9.64 Å². The van der Waals surface area contributed by atoms with Crippen molar-refractivity contribution in [3.63, 3.8) is 0 Å². The molecule has 1 aliphatic rings. The molecule has 0 radical (unpaired) electrons. The SMILES string of the molecule is Cc1cc(N2CCN(C(=O)C(C)(C)Oc3ccc(Cl)cc3)CC2)nc(C(C)C)n1. The van der Waals surface area contributed by atoms with Crippen LogP contribution in [0.4, 0.5) is 5.82 Å². The zero-order valence-corrected chi connectivity index (χ0v) is 18.5. The van der Waals surface area contributed by atoms with Crippen molar-refractivity contribution < 1.29 is 9.53 Å². The Morgan fingerprint density at radius 3 is 2.31 bits per heavy atom. The van der Waals surface area contributed by atoms with Gasteiger partial charge in [0.25, 0.3) is 5.91 Å². The lowest BCUT2D eigenvalue weighted by atomic mass is 10.1. The van der Waals surface area contributed by atoms with Crippen molar-refractivity contribution in [3.8, 4) is 5.75 Å². The van der Waals surface area contributed by atoms with Crippen molar-refractivity contribution in [2.45, 2.75) is 46.1 Å². The Labute approximate surface area is 177 Å². The van der Waals surface area contributed by atoms with Crippen molar-refractivity contribution in [1.82, 2.24) is 14.9 Å². The van der Waals surface area contributed by atoms with Crippen LogP contribution in [0.1, 0.15) is 45.1 Å². The van der Waals surface area contributed by atoms with Crippen LogP contribution >= 0.6 is 11.6 Å². The van der Waals surface area contributed by atoms with Gasteiger partial charge in [0, 0.05) is 48.9 Å². The molecule has 2 heterocycles. The number of hydrogen-bond acceptors (Lipinski definition) is 5. The summed E-state index contributed by atoms with van der Waals surface area (Å²) in [5.41, 5.74) is 0.0153. The molecule has 0 N–H and O–H groups in total. The molecule has 2 aromatic rings. The van der Waals surface area contributed by atoms with Crippen molar-refractivity contribution in [2.75, 3.05) is 31.1 Å². The van der Waals surface area contributed by atoms with E-state index in [1.165, 1.54) is 0 Å². The van der Waals surface area contributed by atoms with E-state index in [0.717, 1.165) is 30.4 Å². The highest BCUT2D eigenvalue weighted by atomic mass is 35.5. The fourth-order valence-corrected chi connectivity index (χ4v) is 3.48. The minimum absolute atomic E-state index is 0.0196. The Bertz CT molecular complexity index is 860. The highest BCUT2D eigenvalue weighted by Crippen LogP contribution is 2.24. The van der Waals surface area contributed by atoms with E-state index in [2.05, 4.69) is 23.7 Å². The molecule has 1 aliphatic heterocycles. The van der Waals surface area contributed by atoms with Crippen LogP contribution in [0.15, 0.2) is 30.3 Å². The summed E-state index contributed by atoms with van der Waals surface area (Å²) in [7, 11) is 0. The topological polar surface area (TPSA) is 58.6 Å². The molecule has 156 valence electrons. The Hall–Kier alpha value is -2.34. The van der Waals surface area contributed by atoms with E-state index in [1.807, 2.05) is 17.9 Å². The molecule has 0 unspecified atom stereocenters. The second-order valence-corrected chi connectivity index (χ2v) is 8.66. The van der Waals surface area contributed by atoms with Gasteiger partial charge < -0.3 is 14.5 Å². The van der Waals surface area contributed by atoms with Gasteiger partial charge in [-0.1, -0.05) is 25.4 Å². The first-order valence-electron chi connectivity index (χ1n) is 10.00. The quantitative estimate of drug-likeness (QED) is 0.735. The Kier molecular flexibility index (Phi) is 6.32. The second-order valence-electron chi connectivity index (χ2n) is 8.23. The van der Waals surface area contributed by atoms with E-state index in [0.29, 0.717) is 23.9 Å². The molecule has 0 atom stereocenters. The number of anilines is 1. The molecule has 0 spiro atoms. The molecule has 0 saturated carbocycles. The van der Waals surface area contributed by atoms with Gasteiger partial charge in [0.2, 0.25) is 0 Å². The first-order chi connectivity index (χ1) is 13.7. The van der Waals surface area contributed by atoms with Gasteiger partial charge in [0.1, 0.15) is 17.4 Å². The third kappa shape index (κ3) is 5.18. The molecule has 29 heavy (non-hydrogen) atoms. The zero-order chi connectivity index (χ0) is 21.2. The van der Waals surface area contributed by atoms with Crippen LogP contribution in [0.3, 0.4) is 0 Å². The van der Waals surface area contributed by atoms with Crippen LogP contribution in [0.2, 0.25) is 5.02 Å². The van der Waals surface area contributed by atoms with E-state index in [1.54, 1.807) is 38.1 Å². The number of amides is 1. The van der Waals surface area contributed by atoms with E-state index in [9.17, 15) is 4.79 Å². The van der Waals surface area contributed by atoms with Crippen LogP contribution in [-0.2, 0) is 4.79 Å². The van der Waals surface area contributed by atoms with Gasteiger partial charge in [-0.25, -0.2) is 9.97 Å². The summed E-state index contributed by atoms with van der Waals surface area (Å²) in [5, 5.41) is 0.637. The van der Waals surface area contributed by atoms with Crippen LogP contribution in [0.5, 0.6) is 5.75 Å². The highest BCUT2D eigenvalue weighted by Gasteiger charge is 2.36. The van der Waals surface area contributed by atoms with Crippen molar-refractivity contribution in [1.29, 1.82) is 0 Å². The number of carbonyl (C=O) groups is 1.